The topological polar surface area (TPSA) is 51.0 Å². The molecule has 0 aliphatic rings. The third-order valence-corrected chi connectivity index (χ3v) is 5.62. The van der Waals surface area contributed by atoms with Crippen molar-refractivity contribution in [2.75, 3.05) is 12.8 Å². The normalized spacial score (nSPS) is 10.8. The smallest absolute Gasteiger partial charge is 0.233 e. The molecule has 1 heterocycles. The van der Waals surface area contributed by atoms with Gasteiger partial charge in [-0.25, -0.2) is 0 Å². The summed E-state index contributed by atoms with van der Waals surface area (Å²) in [7, 11) is 1.78. The minimum absolute atomic E-state index is 0.00596. The molecule has 0 fully saturated rings. The predicted octanol–water partition coefficient (Wildman–Crippen LogP) is 4.63. The molecular formula is C19H18Cl2N4OS. The minimum atomic E-state index is 0.00596. The Morgan fingerprint density at radius 3 is 2.63 bits per heavy atom. The first-order chi connectivity index (χ1) is 12.9. The van der Waals surface area contributed by atoms with Gasteiger partial charge in [-0.15, -0.1) is 10.2 Å². The summed E-state index contributed by atoms with van der Waals surface area (Å²) in [6.07, 6.45) is 1.62. The molecule has 0 spiro atoms. The first-order valence-electron chi connectivity index (χ1n) is 8.22. The van der Waals surface area contributed by atoms with Gasteiger partial charge in [-0.1, -0.05) is 53.2 Å². The summed E-state index contributed by atoms with van der Waals surface area (Å²) in [5.74, 6) is 0.272. The Labute approximate surface area is 172 Å². The van der Waals surface area contributed by atoms with Crippen LogP contribution in [-0.4, -0.2) is 38.4 Å². The SMILES string of the molecule is Cc1ccc(-n2cnnc2SCC(=O)N(C)Cc2ccc(Cl)cc2)cc1Cl. The van der Waals surface area contributed by atoms with E-state index < -0.39 is 0 Å². The lowest BCUT2D eigenvalue weighted by atomic mass is 10.2. The predicted molar refractivity (Wildman–Crippen MR) is 110 cm³/mol. The number of aromatic nitrogens is 3. The molecule has 3 rings (SSSR count). The molecule has 0 radical (unpaired) electrons. The van der Waals surface area contributed by atoms with Crippen LogP contribution in [0.4, 0.5) is 0 Å². The molecule has 8 heteroatoms. The summed E-state index contributed by atoms with van der Waals surface area (Å²) >= 11 is 13.4. The average molecular weight is 421 g/mol. The summed E-state index contributed by atoms with van der Waals surface area (Å²) in [6.45, 7) is 2.47. The highest BCUT2D eigenvalue weighted by atomic mass is 35.5. The van der Waals surface area contributed by atoms with E-state index in [2.05, 4.69) is 10.2 Å². The fourth-order valence-electron chi connectivity index (χ4n) is 2.42. The molecule has 140 valence electrons. The Balaban J connectivity index is 1.63. The maximum Gasteiger partial charge on any atom is 0.233 e. The molecule has 0 saturated heterocycles. The van der Waals surface area contributed by atoms with Crippen LogP contribution in [0, 0.1) is 6.92 Å². The van der Waals surface area contributed by atoms with Gasteiger partial charge in [0.15, 0.2) is 5.16 Å². The van der Waals surface area contributed by atoms with Gasteiger partial charge in [0, 0.05) is 23.6 Å². The zero-order chi connectivity index (χ0) is 19.4. The van der Waals surface area contributed by atoms with E-state index in [9.17, 15) is 4.79 Å². The Morgan fingerprint density at radius 1 is 1.19 bits per heavy atom. The van der Waals surface area contributed by atoms with Crippen molar-refractivity contribution in [2.24, 2.45) is 0 Å². The zero-order valence-corrected chi connectivity index (χ0v) is 17.2. The van der Waals surface area contributed by atoms with E-state index >= 15 is 0 Å². The largest absolute Gasteiger partial charge is 0.341 e. The van der Waals surface area contributed by atoms with Crippen molar-refractivity contribution < 1.29 is 4.79 Å². The maximum atomic E-state index is 12.5. The van der Waals surface area contributed by atoms with Crippen LogP contribution in [0.5, 0.6) is 0 Å². The molecule has 0 saturated carbocycles. The van der Waals surface area contributed by atoms with Crippen LogP contribution in [0.2, 0.25) is 10.0 Å². The average Bonchev–Trinajstić information content (AvgIpc) is 3.12. The highest BCUT2D eigenvalue weighted by molar-refractivity contribution is 7.99. The molecule has 0 aliphatic heterocycles. The molecule has 0 bridgehead atoms. The molecule has 27 heavy (non-hydrogen) atoms. The Morgan fingerprint density at radius 2 is 1.93 bits per heavy atom. The lowest BCUT2D eigenvalue weighted by Crippen LogP contribution is -2.27. The van der Waals surface area contributed by atoms with Gasteiger partial charge in [-0.2, -0.15) is 0 Å². The Bertz CT molecular complexity index is 943. The van der Waals surface area contributed by atoms with E-state index in [0.29, 0.717) is 21.7 Å². The van der Waals surface area contributed by atoms with Gasteiger partial charge in [0.1, 0.15) is 6.33 Å². The van der Waals surface area contributed by atoms with Crippen LogP contribution in [-0.2, 0) is 11.3 Å². The minimum Gasteiger partial charge on any atom is -0.341 e. The highest BCUT2D eigenvalue weighted by Crippen LogP contribution is 2.24. The standard InChI is InChI=1S/C19H18Cl2N4OS/c1-13-3-8-16(9-17(13)21)25-12-22-23-19(25)27-11-18(26)24(2)10-14-4-6-15(20)7-5-14/h3-9,12H,10-11H2,1-2H3. The van der Waals surface area contributed by atoms with Crippen molar-refractivity contribution in [3.63, 3.8) is 0 Å². The molecule has 3 aromatic rings. The van der Waals surface area contributed by atoms with Gasteiger partial charge in [-0.05, 0) is 42.3 Å². The summed E-state index contributed by atoms with van der Waals surface area (Å²) in [5.41, 5.74) is 2.89. The molecule has 2 aromatic carbocycles. The lowest BCUT2D eigenvalue weighted by Gasteiger charge is -2.17. The molecule has 0 aliphatic carbocycles. The van der Waals surface area contributed by atoms with Gasteiger partial charge in [0.05, 0.1) is 11.4 Å². The number of carbonyl (C=O) groups is 1. The van der Waals surface area contributed by atoms with Crippen molar-refractivity contribution in [3.8, 4) is 5.69 Å². The molecule has 0 unspecified atom stereocenters. The Hall–Kier alpha value is -2.02. The van der Waals surface area contributed by atoms with Gasteiger partial charge in [0.2, 0.25) is 5.91 Å². The number of amides is 1. The molecule has 0 atom stereocenters. The third kappa shape index (κ3) is 5.03. The Kier molecular flexibility index (Phi) is 6.42. The van der Waals surface area contributed by atoms with Crippen molar-refractivity contribution in [1.82, 2.24) is 19.7 Å². The number of hydrogen-bond donors (Lipinski definition) is 0. The molecule has 0 N–H and O–H groups in total. The number of benzene rings is 2. The van der Waals surface area contributed by atoms with E-state index in [4.69, 9.17) is 23.2 Å². The second-order valence-corrected chi connectivity index (χ2v) is 7.87. The number of thioether (sulfide) groups is 1. The van der Waals surface area contributed by atoms with Gasteiger partial charge in [-0.3, -0.25) is 9.36 Å². The number of hydrogen-bond acceptors (Lipinski definition) is 4. The number of nitrogens with zero attached hydrogens (tertiary/aromatic N) is 4. The van der Waals surface area contributed by atoms with E-state index in [1.165, 1.54) is 11.8 Å². The van der Waals surface area contributed by atoms with Crippen LogP contribution in [0.3, 0.4) is 0 Å². The van der Waals surface area contributed by atoms with Crippen LogP contribution in [0.15, 0.2) is 53.9 Å². The van der Waals surface area contributed by atoms with E-state index in [1.807, 2.05) is 54.0 Å². The summed E-state index contributed by atoms with van der Waals surface area (Å²) in [4.78, 5) is 14.1. The van der Waals surface area contributed by atoms with Crippen molar-refractivity contribution >= 4 is 40.9 Å². The summed E-state index contributed by atoms with van der Waals surface area (Å²) in [5, 5.41) is 10.1. The van der Waals surface area contributed by atoms with Crippen molar-refractivity contribution in [2.45, 2.75) is 18.6 Å². The molecule has 1 amide bonds. The fraction of sp³-hybridized carbons (Fsp3) is 0.211. The first-order valence-corrected chi connectivity index (χ1v) is 9.96. The van der Waals surface area contributed by atoms with Crippen LogP contribution < -0.4 is 0 Å². The number of aryl methyl sites for hydroxylation is 1. The van der Waals surface area contributed by atoms with E-state index in [1.54, 1.807) is 18.3 Å². The maximum absolute atomic E-state index is 12.5. The fourth-order valence-corrected chi connectivity index (χ4v) is 3.59. The monoisotopic (exact) mass is 420 g/mol. The first kappa shape index (κ1) is 19.7. The second-order valence-electron chi connectivity index (χ2n) is 6.08. The van der Waals surface area contributed by atoms with Gasteiger partial charge >= 0.3 is 0 Å². The molecular weight excluding hydrogens is 403 g/mol. The van der Waals surface area contributed by atoms with Crippen molar-refractivity contribution in [1.29, 1.82) is 0 Å². The van der Waals surface area contributed by atoms with E-state index in [0.717, 1.165) is 16.8 Å². The summed E-state index contributed by atoms with van der Waals surface area (Å²) in [6, 6.07) is 13.2. The molecule has 1 aromatic heterocycles. The van der Waals surface area contributed by atoms with Gasteiger partial charge in [0.25, 0.3) is 0 Å². The lowest BCUT2D eigenvalue weighted by molar-refractivity contribution is -0.127. The summed E-state index contributed by atoms with van der Waals surface area (Å²) < 4.78 is 1.82. The van der Waals surface area contributed by atoms with Crippen LogP contribution >= 0.6 is 35.0 Å². The number of carbonyl (C=O) groups excluding carboxylic acids is 1. The second kappa shape index (κ2) is 8.78. The van der Waals surface area contributed by atoms with Crippen LogP contribution in [0.1, 0.15) is 11.1 Å². The quantitative estimate of drug-likeness (QED) is 0.545. The zero-order valence-electron chi connectivity index (χ0n) is 14.9. The van der Waals surface area contributed by atoms with E-state index in [-0.39, 0.29) is 11.7 Å². The highest BCUT2D eigenvalue weighted by Gasteiger charge is 2.14. The number of rotatable bonds is 6. The third-order valence-electron chi connectivity index (χ3n) is 4.03. The van der Waals surface area contributed by atoms with Crippen molar-refractivity contribution in [3.05, 3.63) is 70.0 Å². The van der Waals surface area contributed by atoms with Gasteiger partial charge < -0.3 is 4.90 Å². The molecule has 5 nitrogen and oxygen atoms in total. The number of halogens is 2. The van der Waals surface area contributed by atoms with Crippen LogP contribution in [0.25, 0.3) is 5.69 Å².